The largest absolute Gasteiger partial charge is 0.396 e. The summed E-state index contributed by atoms with van der Waals surface area (Å²) < 4.78 is 25.9. The van der Waals surface area contributed by atoms with Crippen molar-refractivity contribution in [2.45, 2.75) is 11.9 Å². The van der Waals surface area contributed by atoms with Gasteiger partial charge in [-0.3, -0.25) is 0 Å². The molecule has 0 fully saturated rings. The molecule has 3 nitrogen and oxygen atoms in total. The van der Waals surface area contributed by atoms with Crippen LogP contribution in [0.4, 0.5) is 14.6 Å². The van der Waals surface area contributed by atoms with E-state index in [2.05, 4.69) is 4.98 Å². The van der Waals surface area contributed by atoms with Gasteiger partial charge in [0.1, 0.15) is 5.03 Å². The first kappa shape index (κ1) is 12.2. The maximum atomic E-state index is 13.1. The fraction of sp³-hybridized carbons (Fsp3) is 0.444. The number of hydrogen-bond acceptors (Lipinski definition) is 4. The van der Waals surface area contributed by atoms with Crippen molar-refractivity contribution in [3.8, 4) is 0 Å². The highest BCUT2D eigenvalue weighted by Gasteiger charge is 2.11. The molecule has 0 aromatic carbocycles. The second-order valence-corrected chi connectivity index (χ2v) is 4.25. The SMILES string of the molecule is CC(CO)CSc1nc(N)c(F)cc1F. The van der Waals surface area contributed by atoms with Gasteiger partial charge in [-0.1, -0.05) is 6.92 Å². The van der Waals surface area contributed by atoms with Crippen LogP contribution < -0.4 is 5.73 Å². The van der Waals surface area contributed by atoms with E-state index in [1.54, 1.807) is 0 Å². The fourth-order valence-corrected chi connectivity index (χ4v) is 1.75. The highest BCUT2D eigenvalue weighted by Crippen LogP contribution is 2.24. The van der Waals surface area contributed by atoms with E-state index in [1.165, 1.54) is 0 Å². The Morgan fingerprint density at radius 3 is 2.80 bits per heavy atom. The molecule has 3 N–H and O–H groups in total. The number of nitrogens with zero attached hydrogens (tertiary/aromatic N) is 1. The predicted octanol–water partition coefficient (Wildman–Crippen LogP) is 1.66. The number of aliphatic hydroxyl groups excluding tert-OH is 1. The van der Waals surface area contributed by atoms with Gasteiger partial charge < -0.3 is 10.8 Å². The van der Waals surface area contributed by atoms with E-state index in [-0.39, 0.29) is 23.4 Å². The van der Waals surface area contributed by atoms with Gasteiger partial charge in [0.05, 0.1) is 0 Å². The monoisotopic (exact) mass is 234 g/mol. The van der Waals surface area contributed by atoms with Crippen LogP contribution in [0.25, 0.3) is 0 Å². The third-order valence-electron chi connectivity index (χ3n) is 1.74. The zero-order chi connectivity index (χ0) is 11.4. The standard InChI is InChI=1S/C9H12F2N2OS/c1-5(3-14)4-15-9-7(11)2-6(10)8(12)13-9/h2,5,14H,3-4H2,1H3,(H2,12,13). The minimum absolute atomic E-state index is 0.0191. The van der Waals surface area contributed by atoms with Crippen LogP contribution in [0.15, 0.2) is 11.1 Å². The smallest absolute Gasteiger partial charge is 0.168 e. The summed E-state index contributed by atoms with van der Waals surface area (Å²) in [7, 11) is 0. The van der Waals surface area contributed by atoms with Crippen molar-refractivity contribution in [2.75, 3.05) is 18.1 Å². The molecule has 15 heavy (non-hydrogen) atoms. The summed E-state index contributed by atoms with van der Waals surface area (Å²) in [6.45, 7) is 1.84. The van der Waals surface area contributed by atoms with Crippen molar-refractivity contribution in [2.24, 2.45) is 5.92 Å². The Morgan fingerprint density at radius 2 is 2.20 bits per heavy atom. The number of hydrogen-bond donors (Lipinski definition) is 2. The third-order valence-corrected chi connectivity index (χ3v) is 3.04. The molecule has 1 heterocycles. The van der Waals surface area contributed by atoms with Crippen LogP contribution in [-0.2, 0) is 0 Å². The van der Waals surface area contributed by atoms with Gasteiger partial charge in [0.2, 0.25) is 0 Å². The number of thioether (sulfide) groups is 1. The molecular weight excluding hydrogens is 222 g/mol. The number of nitrogens with two attached hydrogens (primary N) is 1. The predicted molar refractivity (Wildman–Crippen MR) is 55.5 cm³/mol. The summed E-state index contributed by atoms with van der Waals surface area (Å²) >= 11 is 1.11. The molecule has 0 aliphatic heterocycles. The van der Waals surface area contributed by atoms with Gasteiger partial charge in [-0.05, 0) is 5.92 Å². The van der Waals surface area contributed by atoms with Crippen LogP contribution in [0, 0.1) is 17.6 Å². The van der Waals surface area contributed by atoms with Gasteiger partial charge in [-0.2, -0.15) is 0 Å². The zero-order valence-electron chi connectivity index (χ0n) is 8.20. The topological polar surface area (TPSA) is 59.1 Å². The highest BCUT2D eigenvalue weighted by molar-refractivity contribution is 7.99. The van der Waals surface area contributed by atoms with Gasteiger partial charge in [0, 0.05) is 18.4 Å². The van der Waals surface area contributed by atoms with Crippen LogP contribution in [0.1, 0.15) is 6.92 Å². The summed E-state index contributed by atoms with van der Waals surface area (Å²) in [4.78, 5) is 3.59. The quantitative estimate of drug-likeness (QED) is 0.778. The average molecular weight is 234 g/mol. The summed E-state index contributed by atoms with van der Waals surface area (Å²) in [6.07, 6.45) is 0. The molecular formula is C9H12F2N2OS. The average Bonchev–Trinajstić information content (AvgIpc) is 2.21. The van der Waals surface area contributed by atoms with Crippen LogP contribution in [-0.4, -0.2) is 22.5 Å². The lowest BCUT2D eigenvalue weighted by molar-refractivity contribution is 0.250. The van der Waals surface area contributed by atoms with Crippen molar-refractivity contribution >= 4 is 17.6 Å². The number of aliphatic hydroxyl groups is 1. The van der Waals surface area contributed by atoms with Gasteiger partial charge in [-0.15, -0.1) is 11.8 Å². The van der Waals surface area contributed by atoms with E-state index in [9.17, 15) is 8.78 Å². The molecule has 0 radical (unpaired) electrons. The minimum Gasteiger partial charge on any atom is -0.396 e. The molecule has 1 aromatic heterocycles. The number of nitrogen functional groups attached to an aromatic ring is 1. The Labute approximate surface area is 90.7 Å². The normalized spacial score (nSPS) is 12.8. The molecule has 0 saturated carbocycles. The minimum atomic E-state index is -0.855. The number of anilines is 1. The lowest BCUT2D eigenvalue weighted by atomic mass is 10.2. The zero-order valence-corrected chi connectivity index (χ0v) is 9.02. The Bertz CT molecular complexity index is 349. The number of pyridine rings is 1. The Balaban J connectivity index is 2.73. The van der Waals surface area contributed by atoms with E-state index in [0.29, 0.717) is 11.8 Å². The summed E-state index contributed by atoms with van der Waals surface area (Å²) in [5.41, 5.74) is 5.21. The van der Waals surface area contributed by atoms with Crippen molar-refractivity contribution in [1.29, 1.82) is 0 Å². The fourth-order valence-electron chi connectivity index (χ4n) is 0.838. The Hall–Kier alpha value is -0.880. The summed E-state index contributed by atoms with van der Waals surface area (Å²) in [5, 5.41) is 8.83. The van der Waals surface area contributed by atoms with Gasteiger partial charge in [0.25, 0.3) is 0 Å². The molecule has 1 atom stereocenters. The molecule has 6 heteroatoms. The second-order valence-electron chi connectivity index (χ2n) is 3.24. The maximum absolute atomic E-state index is 13.1. The molecule has 0 spiro atoms. The van der Waals surface area contributed by atoms with Crippen molar-refractivity contribution < 1.29 is 13.9 Å². The molecule has 0 amide bonds. The number of aromatic nitrogens is 1. The molecule has 1 aromatic rings. The van der Waals surface area contributed by atoms with Crippen LogP contribution in [0.3, 0.4) is 0 Å². The molecule has 0 aliphatic carbocycles. The molecule has 0 bridgehead atoms. The van der Waals surface area contributed by atoms with E-state index in [4.69, 9.17) is 10.8 Å². The highest BCUT2D eigenvalue weighted by atomic mass is 32.2. The molecule has 84 valence electrons. The van der Waals surface area contributed by atoms with Gasteiger partial charge >= 0.3 is 0 Å². The first-order chi connectivity index (χ1) is 7.04. The van der Waals surface area contributed by atoms with E-state index >= 15 is 0 Å². The lowest BCUT2D eigenvalue weighted by Crippen LogP contribution is -2.05. The van der Waals surface area contributed by atoms with Crippen LogP contribution in [0.2, 0.25) is 0 Å². The third kappa shape index (κ3) is 3.32. The van der Waals surface area contributed by atoms with E-state index in [1.807, 2.05) is 6.92 Å². The molecule has 0 saturated heterocycles. The number of halogens is 2. The van der Waals surface area contributed by atoms with Crippen molar-refractivity contribution in [1.82, 2.24) is 4.98 Å². The first-order valence-electron chi connectivity index (χ1n) is 4.39. The van der Waals surface area contributed by atoms with Gasteiger partial charge in [-0.25, -0.2) is 13.8 Å². The second kappa shape index (κ2) is 5.27. The van der Waals surface area contributed by atoms with Crippen molar-refractivity contribution in [3.05, 3.63) is 17.7 Å². The Morgan fingerprint density at radius 1 is 1.53 bits per heavy atom. The molecule has 0 aliphatic rings. The van der Waals surface area contributed by atoms with E-state index in [0.717, 1.165) is 11.8 Å². The summed E-state index contributed by atoms with van der Waals surface area (Å²) in [5.74, 6) is -1.35. The maximum Gasteiger partial charge on any atom is 0.168 e. The summed E-state index contributed by atoms with van der Waals surface area (Å²) in [6, 6.07) is 0.717. The molecule has 1 rings (SSSR count). The van der Waals surface area contributed by atoms with Crippen LogP contribution >= 0.6 is 11.8 Å². The Kier molecular flexibility index (Phi) is 4.28. The van der Waals surface area contributed by atoms with Crippen LogP contribution in [0.5, 0.6) is 0 Å². The first-order valence-corrected chi connectivity index (χ1v) is 5.38. The van der Waals surface area contributed by atoms with E-state index < -0.39 is 11.6 Å². The molecule has 1 unspecified atom stereocenters. The lowest BCUT2D eigenvalue weighted by Gasteiger charge is -2.07. The number of rotatable bonds is 4. The van der Waals surface area contributed by atoms with Gasteiger partial charge in [0.15, 0.2) is 17.5 Å². The van der Waals surface area contributed by atoms with Crippen molar-refractivity contribution in [3.63, 3.8) is 0 Å².